The maximum Gasteiger partial charge on any atom is 0.336 e. The fraction of sp³-hybridized carbons (Fsp3) is 0. The number of carboxylic acids is 2. The van der Waals surface area contributed by atoms with Crippen LogP contribution in [0.2, 0.25) is 0 Å². The maximum atomic E-state index is 11.4. The summed E-state index contributed by atoms with van der Waals surface area (Å²) in [6.07, 6.45) is 0. The highest BCUT2D eigenvalue weighted by Gasteiger charge is 2.17. The third-order valence-electron chi connectivity index (χ3n) is 4.13. The van der Waals surface area contributed by atoms with E-state index in [4.69, 9.17) is 0 Å². The van der Waals surface area contributed by atoms with Crippen molar-refractivity contribution in [3.8, 4) is 0 Å². The molecule has 0 spiro atoms. The molecule has 0 unspecified atom stereocenters. The first-order valence-corrected chi connectivity index (χ1v) is 6.75. The molecule has 4 aromatic rings. The molecule has 0 saturated carbocycles. The van der Waals surface area contributed by atoms with Crippen molar-refractivity contribution < 1.29 is 19.8 Å². The van der Waals surface area contributed by atoms with Gasteiger partial charge in [0.2, 0.25) is 0 Å². The van der Waals surface area contributed by atoms with E-state index in [0.29, 0.717) is 10.8 Å². The van der Waals surface area contributed by atoms with Gasteiger partial charge in [0.05, 0.1) is 11.1 Å². The van der Waals surface area contributed by atoms with Gasteiger partial charge in [0.1, 0.15) is 0 Å². The molecule has 0 radical (unpaired) electrons. The Kier molecular flexibility index (Phi) is 2.39. The quantitative estimate of drug-likeness (QED) is 0.547. The summed E-state index contributed by atoms with van der Waals surface area (Å²) >= 11 is 0. The molecule has 0 atom stereocenters. The number of rotatable bonds is 2. The van der Waals surface area contributed by atoms with Crippen LogP contribution in [0, 0.1) is 0 Å². The van der Waals surface area contributed by atoms with Crippen LogP contribution in [0.4, 0.5) is 0 Å². The molecule has 4 rings (SSSR count). The van der Waals surface area contributed by atoms with Gasteiger partial charge >= 0.3 is 11.9 Å². The Bertz CT molecular complexity index is 992. The van der Waals surface area contributed by atoms with Crippen molar-refractivity contribution in [3.05, 3.63) is 59.7 Å². The van der Waals surface area contributed by atoms with Crippen LogP contribution in [0.15, 0.2) is 48.5 Å². The van der Waals surface area contributed by atoms with Gasteiger partial charge in [0, 0.05) is 0 Å². The number of hydrogen-bond donors (Lipinski definition) is 2. The van der Waals surface area contributed by atoms with Gasteiger partial charge in [0.15, 0.2) is 0 Å². The summed E-state index contributed by atoms with van der Waals surface area (Å²) in [7, 11) is 0. The summed E-state index contributed by atoms with van der Waals surface area (Å²) in [6, 6.07) is 13.9. The van der Waals surface area contributed by atoms with E-state index in [0.717, 1.165) is 21.5 Å². The molecule has 4 heteroatoms. The van der Waals surface area contributed by atoms with Crippen LogP contribution < -0.4 is 0 Å². The van der Waals surface area contributed by atoms with E-state index in [1.807, 2.05) is 12.1 Å². The number of carboxylic acid groups (broad SMARTS) is 2. The number of carbonyl (C=O) groups is 2. The minimum absolute atomic E-state index is 0.225. The molecule has 0 fully saturated rings. The van der Waals surface area contributed by atoms with E-state index in [9.17, 15) is 19.8 Å². The van der Waals surface area contributed by atoms with Crippen molar-refractivity contribution in [1.82, 2.24) is 0 Å². The van der Waals surface area contributed by atoms with Crippen molar-refractivity contribution in [3.63, 3.8) is 0 Å². The molecule has 4 aromatic carbocycles. The lowest BCUT2D eigenvalue weighted by atomic mass is 9.90. The molecule has 106 valence electrons. The van der Waals surface area contributed by atoms with Crippen LogP contribution >= 0.6 is 0 Å². The van der Waals surface area contributed by atoms with Gasteiger partial charge in [-0.3, -0.25) is 0 Å². The minimum Gasteiger partial charge on any atom is -0.478 e. The molecule has 0 bridgehead atoms. The average molecular weight is 290 g/mol. The van der Waals surface area contributed by atoms with Gasteiger partial charge in [-0.25, -0.2) is 9.59 Å². The average Bonchev–Trinajstić information content (AvgIpc) is 2.51. The molecule has 0 saturated heterocycles. The van der Waals surface area contributed by atoms with E-state index in [2.05, 4.69) is 0 Å². The zero-order valence-corrected chi connectivity index (χ0v) is 11.3. The first-order chi connectivity index (χ1) is 10.6. The zero-order valence-electron chi connectivity index (χ0n) is 11.3. The van der Waals surface area contributed by atoms with E-state index in [1.54, 1.807) is 36.4 Å². The van der Waals surface area contributed by atoms with Gasteiger partial charge in [-0.15, -0.1) is 0 Å². The smallest absolute Gasteiger partial charge is 0.336 e. The lowest BCUT2D eigenvalue weighted by molar-refractivity contribution is 0.0688. The van der Waals surface area contributed by atoms with E-state index in [-0.39, 0.29) is 11.1 Å². The standard InChI is InChI=1S/C18H10O4/c19-17(20)13-5-3-9-1-2-10-4-6-14(18(21)22)12-8-7-11(13)15(9)16(10)12/h1-8H,(H,19,20)(H,21,22). The molecule has 0 aromatic heterocycles. The van der Waals surface area contributed by atoms with Crippen molar-refractivity contribution in [2.45, 2.75) is 0 Å². The summed E-state index contributed by atoms with van der Waals surface area (Å²) in [5.41, 5.74) is 0.449. The van der Waals surface area contributed by atoms with Crippen molar-refractivity contribution in [1.29, 1.82) is 0 Å². The molecule has 4 nitrogen and oxygen atoms in total. The lowest BCUT2D eigenvalue weighted by Crippen LogP contribution is -2.00. The molecule has 0 amide bonds. The normalized spacial score (nSPS) is 11.5. The second kappa shape index (κ2) is 4.18. The molecule has 2 N–H and O–H groups in total. The van der Waals surface area contributed by atoms with E-state index in [1.165, 1.54) is 0 Å². The summed E-state index contributed by atoms with van der Waals surface area (Å²) in [5, 5.41) is 23.4. The number of benzene rings is 4. The van der Waals surface area contributed by atoms with Crippen molar-refractivity contribution >= 4 is 44.3 Å². The van der Waals surface area contributed by atoms with Crippen LogP contribution in [0.1, 0.15) is 20.7 Å². The number of hydrogen-bond acceptors (Lipinski definition) is 2. The topological polar surface area (TPSA) is 74.6 Å². The predicted octanol–water partition coefficient (Wildman–Crippen LogP) is 3.98. The molecule has 0 aliphatic heterocycles. The fourth-order valence-corrected chi connectivity index (χ4v) is 3.17. The van der Waals surface area contributed by atoms with Crippen molar-refractivity contribution in [2.24, 2.45) is 0 Å². The van der Waals surface area contributed by atoms with Gasteiger partial charge in [-0.05, 0) is 44.5 Å². The second-order valence-corrected chi connectivity index (χ2v) is 5.26. The molecule has 22 heavy (non-hydrogen) atoms. The Labute approximate surface area is 124 Å². The predicted molar refractivity (Wildman–Crippen MR) is 84.1 cm³/mol. The third kappa shape index (κ3) is 1.52. The summed E-state index contributed by atoms with van der Waals surface area (Å²) < 4.78 is 0. The lowest BCUT2D eigenvalue weighted by Gasteiger charge is -2.13. The third-order valence-corrected chi connectivity index (χ3v) is 4.13. The van der Waals surface area contributed by atoms with Crippen LogP contribution in [-0.4, -0.2) is 22.2 Å². The Hall–Kier alpha value is -3.14. The first kappa shape index (κ1) is 12.6. The van der Waals surface area contributed by atoms with Crippen molar-refractivity contribution in [2.75, 3.05) is 0 Å². The summed E-state index contributed by atoms with van der Waals surface area (Å²) in [6.45, 7) is 0. The molecule has 0 heterocycles. The second-order valence-electron chi connectivity index (χ2n) is 5.26. The summed E-state index contributed by atoms with van der Waals surface area (Å²) in [4.78, 5) is 22.9. The monoisotopic (exact) mass is 290 g/mol. The van der Waals surface area contributed by atoms with E-state index < -0.39 is 11.9 Å². The highest BCUT2D eigenvalue weighted by molar-refractivity contribution is 6.28. The molecule has 0 aliphatic rings. The number of aromatic carboxylic acids is 2. The Morgan fingerprint density at radius 1 is 0.591 bits per heavy atom. The maximum absolute atomic E-state index is 11.4. The Morgan fingerprint density at radius 2 is 0.955 bits per heavy atom. The van der Waals surface area contributed by atoms with Gasteiger partial charge in [0.25, 0.3) is 0 Å². The Morgan fingerprint density at radius 3 is 1.32 bits per heavy atom. The van der Waals surface area contributed by atoms with Crippen LogP contribution in [0.3, 0.4) is 0 Å². The molecule has 0 aliphatic carbocycles. The van der Waals surface area contributed by atoms with Crippen LogP contribution in [0.5, 0.6) is 0 Å². The van der Waals surface area contributed by atoms with E-state index >= 15 is 0 Å². The highest BCUT2D eigenvalue weighted by Crippen LogP contribution is 2.37. The largest absolute Gasteiger partial charge is 0.478 e. The SMILES string of the molecule is O=C(O)c1ccc2ccc3ccc(C(=O)O)c4ccc1c2c34. The van der Waals surface area contributed by atoms with Gasteiger partial charge in [-0.1, -0.05) is 36.4 Å². The first-order valence-electron chi connectivity index (χ1n) is 6.75. The highest BCUT2D eigenvalue weighted by atomic mass is 16.4. The van der Waals surface area contributed by atoms with Gasteiger partial charge < -0.3 is 10.2 Å². The van der Waals surface area contributed by atoms with Crippen LogP contribution in [-0.2, 0) is 0 Å². The van der Waals surface area contributed by atoms with Gasteiger partial charge in [-0.2, -0.15) is 0 Å². The molecular weight excluding hydrogens is 280 g/mol. The molecular formula is C18H10O4. The Balaban J connectivity index is 2.33. The fourth-order valence-electron chi connectivity index (χ4n) is 3.17. The zero-order chi connectivity index (χ0) is 15.4. The van der Waals surface area contributed by atoms with Crippen LogP contribution in [0.25, 0.3) is 32.3 Å². The summed E-state index contributed by atoms with van der Waals surface area (Å²) in [5.74, 6) is -1.98. The minimum atomic E-state index is -0.989.